The molecule has 0 aliphatic carbocycles. The van der Waals surface area contributed by atoms with Gasteiger partial charge in [0.25, 0.3) is 0 Å². The van der Waals surface area contributed by atoms with E-state index >= 15 is 0 Å². The summed E-state index contributed by atoms with van der Waals surface area (Å²) < 4.78 is 0. The fourth-order valence-electron chi connectivity index (χ4n) is 3.49. The molecule has 2 aromatic rings. The largest absolute Gasteiger partial charge is 0.362 e. The number of benzene rings is 2. The van der Waals surface area contributed by atoms with Crippen LogP contribution < -0.4 is 15.5 Å². The lowest BCUT2D eigenvalue weighted by Gasteiger charge is -2.19. The van der Waals surface area contributed by atoms with E-state index < -0.39 is 0 Å². The van der Waals surface area contributed by atoms with E-state index in [9.17, 15) is 14.4 Å². The molecule has 138 valence electrons. The van der Waals surface area contributed by atoms with Crippen LogP contribution in [0.3, 0.4) is 0 Å². The van der Waals surface area contributed by atoms with E-state index in [1.165, 1.54) is 10.5 Å². The van der Waals surface area contributed by atoms with Crippen molar-refractivity contribution >= 4 is 29.2 Å². The Bertz CT molecular complexity index is 896. The minimum atomic E-state index is -0.387. The van der Waals surface area contributed by atoms with E-state index in [0.717, 1.165) is 24.2 Å². The van der Waals surface area contributed by atoms with Crippen LogP contribution in [0.2, 0.25) is 0 Å². The maximum Gasteiger partial charge on any atom is 0.324 e. The van der Waals surface area contributed by atoms with E-state index in [1.54, 1.807) is 18.2 Å². The van der Waals surface area contributed by atoms with Crippen LogP contribution in [0.15, 0.2) is 48.5 Å². The first-order chi connectivity index (χ1) is 13.1. The molecule has 0 spiro atoms. The van der Waals surface area contributed by atoms with Gasteiger partial charge in [0.15, 0.2) is 0 Å². The van der Waals surface area contributed by atoms with Crippen molar-refractivity contribution < 1.29 is 14.4 Å². The number of fused-ring (bicyclic) bond motifs is 1. The highest BCUT2D eigenvalue weighted by Gasteiger charge is 2.28. The lowest BCUT2D eigenvalue weighted by atomic mass is 10.2. The van der Waals surface area contributed by atoms with Crippen molar-refractivity contribution in [3.8, 4) is 0 Å². The molecule has 4 amide bonds. The Hall–Kier alpha value is -3.35. The second kappa shape index (κ2) is 7.11. The van der Waals surface area contributed by atoms with Crippen LogP contribution in [0.1, 0.15) is 11.1 Å². The molecule has 7 nitrogen and oxygen atoms in total. The number of imide groups is 1. The lowest BCUT2D eigenvalue weighted by molar-refractivity contribution is -0.125. The lowest BCUT2D eigenvalue weighted by Crippen LogP contribution is -2.32. The third kappa shape index (κ3) is 3.62. The highest BCUT2D eigenvalue weighted by molar-refractivity contribution is 6.01. The molecule has 0 unspecified atom stereocenters. The van der Waals surface area contributed by atoms with Crippen LogP contribution in [0.5, 0.6) is 0 Å². The first kappa shape index (κ1) is 17.1. The summed E-state index contributed by atoms with van der Waals surface area (Å²) in [6, 6.07) is 14.9. The Morgan fingerprint density at radius 3 is 2.78 bits per heavy atom. The Balaban J connectivity index is 1.39. The first-order valence-corrected chi connectivity index (χ1v) is 8.90. The van der Waals surface area contributed by atoms with Crippen molar-refractivity contribution in [1.29, 1.82) is 0 Å². The Labute approximate surface area is 157 Å². The van der Waals surface area contributed by atoms with Gasteiger partial charge in [0.1, 0.15) is 0 Å². The maximum absolute atomic E-state index is 12.5. The molecule has 4 rings (SSSR count). The van der Waals surface area contributed by atoms with Gasteiger partial charge in [0.2, 0.25) is 11.8 Å². The van der Waals surface area contributed by atoms with Crippen LogP contribution in [0, 0.1) is 0 Å². The Morgan fingerprint density at radius 2 is 1.96 bits per heavy atom. The number of hydrogen-bond donors (Lipinski definition) is 2. The molecule has 1 fully saturated rings. The number of amides is 4. The van der Waals surface area contributed by atoms with E-state index in [4.69, 9.17) is 0 Å². The Morgan fingerprint density at radius 1 is 1.11 bits per heavy atom. The number of nitrogens with zero attached hydrogens (tertiary/aromatic N) is 2. The van der Waals surface area contributed by atoms with Crippen molar-refractivity contribution in [2.45, 2.75) is 13.0 Å². The molecule has 0 saturated carbocycles. The molecule has 1 saturated heterocycles. The monoisotopic (exact) mass is 364 g/mol. The van der Waals surface area contributed by atoms with Crippen molar-refractivity contribution in [3.05, 3.63) is 59.7 Å². The average Bonchev–Trinajstić information content (AvgIpc) is 3.20. The van der Waals surface area contributed by atoms with Gasteiger partial charge >= 0.3 is 6.03 Å². The van der Waals surface area contributed by atoms with Gasteiger partial charge in [-0.1, -0.05) is 30.3 Å². The number of hydrogen-bond acceptors (Lipinski definition) is 4. The maximum atomic E-state index is 12.5. The summed E-state index contributed by atoms with van der Waals surface area (Å²) in [5.41, 5.74) is 3.81. The average molecular weight is 364 g/mol. The minimum absolute atomic E-state index is 0.0343. The zero-order valence-corrected chi connectivity index (χ0v) is 14.8. The highest BCUT2D eigenvalue weighted by Crippen LogP contribution is 2.27. The van der Waals surface area contributed by atoms with Gasteiger partial charge in [0.05, 0.1) is 19.6 Å². The first-order valence-electron chi connectivity index (χ1n) is 8.90. The van der Waals surface area contributed by atoms with Crippen LogP contribution in [0.25, 0.3) is 0 Å². The second-order valence-corrected chi connectivity index (χ2v) is 6.69. The third-order valence-electron chi connectivity index (χ3n) is 4.81. The van der Waals surface area contributed by atoms with E-state index in [1.807, 2.05) is 24.3 Å². The molecule has 7 heteroatoms. The number of urea groups is 1. The molecule has 2 aromatic carbocycles. The van der Waals surface area contributed by atoms with Crippen molar-refractivity contribution in [2.24, 2.45) is 0 Å². The van der Waals surface area contributed by atoms with Gasteiger partial charge in [-0.15, -0.1) is 0 Å². The minimum Gasteiger partial charge on any atom is -0.362 e. The molecular formula is C20H20N4O3. The number of nitrogens with one attached hydrogen (secondary N) is 2. The molecule has 2 heterocycles. The standard InChI is InChI=1S/C20H20N4O3/c25-18(13-23-9-8-15-5-1-2-7-17(15)23)22-16-6-3-4-14(10-16)12-24-19(26)11-21-20(24)27/h1-7,10H,8-9,11-13H2,(H,21,27)(H,22,25). The predicted molar refractivity (Wildman–Crippen MR) is 101 cm³/mol. The summed E-state index contributed by atoms with van der Waals surface area (Å²) >= 11 is 0. The molecular weight excluding hydrogens is 344 g/mol. The number of para-hydroxylation sites is 1. The zero-order valence-electron chi connectivity index (χ0n) is 14.8. The van der Waals surface area contributed by atoms with Crippen LogP contribution in [-0.2, 0) is 22.6 Å². The SMILES string of the molecule is O=C(CN1CCc2ccccc21)Nc1cccc(CN2C(=O)CNC2=O)c1. The zero-order chi connectivity index (χ0) is 18.8. The summed E-state index contributed by atoms with van der Waals surface area (Å²) in [5, 5.41) is 5.40. The number of carbonyl (C=O) groups excluding carboxylic acids is 3. The summed E-state index contributed by atoms with van der Waals surface area (Å²) in [7, 11) is 0. The predicted octanol–water partition coefficient (Wildman–Crippen LogP) is 1.74. The molecule has 2 aliphatic rings. The van der Waals surface area contributed by atoms with Crippen molar-refractivity contribution in [1.82, 2.24) is 10.2 Å². The highest BCUT2D eigenvalue weighted by atomic mass is 16.2. The van der Waals surface area contributed by atoms with Gasteiger partial charge in [-0.05, 0) is 35.7 Å². The number of carbonyl (C=O) groups is 3. The summed E-state index contributed by atoms with van der Waals surface area (Å²) in [6.07, 6.45) is 0.949. The smallest absolute Gasteiger partial charge is 0.324 e. The fourth-order valence-corrected chi connectivity index (χ4v) is 3.49. The van der Waals surface area contributed by atoms with Crippen LogP contribution in [0.4, 0.5) is 16.2 Å². The fraction of sp³-hybridized carbons (Fsp3) is 0.250. The summed E-state index contributed by atoms with van der Waals surface area (Å²) in [6.45, 7) is 1.34. The molecule has 0 atom stereocenters. The molecule has 2 N–H and O–H groups in total. The van der Waals surface area contributed by atoms with Crippen LogP contribution in [-0.4, -0.2) is 42.4 Å². The quantitative estimate of drug-likeness (QED) is 0.792. The van der Waals surface area contributed by atoms with Gasteiger partial charge < -0.3 is 15.5 Å². The normalized spacial score (nSPS) is 15.7. The van der Waals surface area contributed by atoms with Gasteiger partial charge in [-0.2, -0.15) is 0 Å². The van der Waals surface area contributed by atoms with Gasteiger partial charge in [0, 0.05) is 17.9 Å². The van der Waals surface area contributed by atoms with Crippen molar-refractivity contribution in [3.63, 3.8) is 0 Å². The molecule has 0 bridgehead atoms. The van der Waals surface area contributed by atoms with Gasteiger partial charge in [-0.25, -0.2) is 4.79 Å². The van der Waals surface area contributed by atoms with E-state index in [-0.39, 0.29) is 37.5 Å². The molecule has 27 heavy (non-hydrogen) atoms. The third-order valence-corrected chi connectivity index (χ3v) is 4.81. The molecule has 2 aliphatic heterocycles. The van der Waals surface area contributed by atoms with Gasteiger partial charge in [-0.3, -0.25) is 14.5 Å². The van der Waals surface area contributed by atoms with E-state index in [0.29, 0.717) is 5.69 Å². The van der Waals surface area contributed by atoms with Crippen molar-refractivity contribution in [2.75, 3.05) is 29.9 Å². The summed E-state index contributed by atoms with van der Waals surface area (Å²) in [4.78, 5) is 39.1. The second-order valence-electron chi connectivity index (χ2n) is 6.69. The summed E-state index contributed by atoms with van der Waals surface area (Å²) in [5.74, 6) is -0.346. The molecule has 0 aromatic heterocycles. The van der Waals surface area contributed by atoms with E-state index in [2.05, 4.69) is 21.6 Å². The Kier molecular flexibility index (Phi) is 4.50. The number of anilines is 2. The topological polar surface area (TPSA) is 81.8 Å². The number of rotatable bonds is 5. The van der Waals surface area contributed by atoms with Crippen LogP contribution >= 0.6 is 0 Å². The molecule has 0 radical (unpaired) electrons.